The molecule has 0 bridgehead atoms. The monoisotopic (exact) mass is 234 g/mol. The summed E-state index contributed by atoms with van der Waals surface area (Å²) in [6, 6.07) is 0. The summed E-state index contributed by atoms with van der Waals surface area (Å²) < 4.78 is 5.43. The highest BCUT2D eigenvalue weighted by Gasteiger charge is 2.69. The van der Waals surface area contributed by atoms with Gasteiger partial charge in [0, 0.05) is 5.41 Å². The van der Waals surface area contributed by atoms with Crippen LogP contribution in [0.25, 0.3) is 0 Å². The molecule has 0 aromatic carbocycles. The Morgan fingerprint density at radius 3 is 2.76 bits per heavy atom. The predicted octanol–water partition coefficient (Wildman–Crippen LogP) is 3.32. The summed E-state index contributed by atoms with van der Waals surface area (Å²) in [4.78, 5) is 11.7. The zero-order chi connectivity index (χ0) is 12.5. The van der Waals surface area contributed by atoms with Crippen molar-refractivity contribution in [1.82, 2.24) is 0 Å². The molecule has 1 saturated heterocycles. The van der Waals surface area contributed by atoms with E-state index in [-0.39, 0.29) is 16.8 Å². The van der Waals surface area contributed by atoms with E-state index in [0.717, 1.165) is 12.8 Å². The minimum atomic E-state index is -0.0192. The molecular formula is C15H22O2. The summed E-state index contributed by atoms with van der Waals surface area (Å²) in [7, 11) is 0. The lowest BCUT2D eigenvalue weighted by molar-refractivity contribution is -0.164. The van der Waals surface area contributed by atoms with E-state index in [0.29, 0.717) is 24.4 Å². The molecule has 1 spiro atoms. The van der Waals surface area contributed by atoms with Crippen molar-refractivity contribution >= 4 is 5.97 Å². The summed E-state index contributed by atoms with van der Waals surface area (Å²) in [6.07, 6.45) is 4.03. The van der Waals surface area contributed by atoms with E-state index < -0.39 is 0 Å². The third kappa shape index (κ3) is 1.14. The highest BCUT2D eigenvalue weighted by Crippen LogP contribution is 2.73. The number of rotatable bonds is 0. The van der Waals surface area contributed by atoms with Crippen LogP contribution >= 0.6 is 0 Å². The zero-order valence-corrected chi connectivity index (χ0v) is 11.1. The van der Waals surface area contributed by atoms with Crippen molar-refractivity contribution in [3.8, 4) is 0 Å². The second kappa shape index (κ2) is 2.96. The van der Waals surface area contributed by atoms with E-state index in [1.54, 1.807) is 0 Å². The van der Waals surface area contributed by atoms with E-state index in [4.69, 9.17) is 4.74 Å². The molecule has 2 saturated carbocycles. The molecule has 0 unspecified atom stereocenters. The fourth-order valence-corrected chi connectivity index (χ4v) is 5.39. The summed E-state index contributed by atoms with van der Waals surface area (Å²) >= 11 is 0. The molecule has 1 heterocycles. The van der Waals surface area contributed by atoms with Gasteiger partial charge >= 0.3 is 5.97 Å². The van der Waals surface area contributed by atoms with Crippen molar-refractivity contribution < 1.29 is 9.53 Å². The van der Waals surface area contributed by atoms with Gasteiger partial charge in [-0.05, 0) is 36.0 Å². The Morgan fingerprint density at radius 2 is 2.06 bits per heavy atom. The fourth-order valence-electron chi connectivity index (χ4n) is 5.39. The standard InChI is InChI=1S/C15H22O2/c1-10-5-6-11-13(2,3)8-14(4)7-12(16)17-9-15(10,11)14/h11H,1,5-9H2,2-4H3/t11-,14-,15-/m0/s1. The first-order valence-corrected chi connectivity index (χ1v) is 6.66. The van der Waals surface area contributed by atoms with Gasteiger partial charge in [0.25, 0.3) is 0 Å². The molecule has 0 aromatic heterocycles. The number of hydrogen-bond donors (Lipinski definition) is 0. The van der Waals surface area contributed by atoms with E-state index in [1.165, 1.54) is 12.0 Å². The third-order valence-electron chi connectivity index (χ3n) is 5.82. The van der Waals surface area contributed by atoms with Gasteiger partial charge in [-0.1, -0.05) is 32.9 Å². The first kappa shape index (κ1) is 11.3. The maximum absolute atomic E-state index is 11.7. The van der Waals surface area contributed by atoms with E-state index in [1.807, 2.05) is 0 Å². The van der Waals surface area contributed by atoms with Gasteiger partial charge in [-0.2, -0.15) is 0 Å². The van der Waals surface area contributed by atoms with Gasteiger partial charge in [-0.3, -0.25) is 4.79 Å². The van der Waals surface area contributed by atoms with Gasteiger partial charge in [-0.25, -0.2) is 0 Å². The van der Waals surface area contributed by atoms with Crippen LogP contribution in [-0.4, -0.2) is 12.6 Å². The molecule has 1 aliphatic heterocycles. The molecule has 2 nitrogen and oxygen atoms in total. The number of carbonyl (C=O) groups excluding carboxylic acids is 1. The van der Waals surface area contributed by atoms with E-state index in [2.05, 4.69) is 27.4 Å². The molecule has 0 radical (unpaired) electrons. The van der Waals surface area contributed by atoms with Gasteiger partial charge in [0.05, 0.1) is 6.42 Å². The molecular weight excluding hydrogens is 212 g/mol. The first-order valence-electron chi connectivity index (χ1n) is 6.66. The lowest BCUT2D eigenvalue weighted by Crippen LogP contribution is -2.48. The molecule has 0 aromatic rings. The highest BCUT2D eigenvalue weighted by atomic mass is 16.5. The third-order valence-corrected chi connectivity index (χ3v) is 5.82. The molecule has 2 heteroatoms. The van der Waals surface area contributed by atoms with Gasteiger partial charge in [-0.15, -0.1) is 0 Å². The highest BCUT2D eigenvalue weighted by molar-refractivity contribution is 5.72. The predicted molar refractivity (Wildman–Crippen MR) is 66.4 cm³/mol. The molecule has 3 rings (SSSR count). The number of esters is 1. The number of cyclic esters (lactones) is 1. The molecule has 3 atom stereocenters. The smallest absolute Gasteiger partial charge is 0.306 e. The average molecular weight is 234 g/mol. The van der Waals surface area contributed by atoms with Crippen molar-refractivity contribution in [2.45, 2.75) is 46.5 Å². The average Bonchev–Trinajstić information content (AvgIpc) is 2.59. The number of ether oxygens (including phenoxy) is 1. The lowest BCUT2D eigenvalue weighted by atomic mass is 9.60. The number of hydrogen-bond acceptors (Lipinski definition) is 2. The Balaban J connectivity index is 2.15. The van der Waals surface area contributed by atoms with E-state index >= 15 is 0 Å². The Hall–Kier alpha value is -0.790. The van der Waals surface area contributed by atoms with Crippen LogP contribution in [0.3, 0.4) is 0 Å². The minimum absolute atomic E-state index is 0.0192. The number of carbonyl (C=O) groups is 1. The van der Waals surface area contributed by atoms with Crippen molar-refractivity contribution in [2.24, 2.45) is 22.2 Å². The van der Waals surface area contributed by atoms with Crippen LogP contribution < -0.4 is 0 Å². The van der Waals surface area contributed by atoms with Crippen LogP contribution in [0.15, 0.2) is 12.2 Å². The summed E-state index contributed by atoms with van der Waals surface area (Å²) in [5.74, 6) is 0.620. The minimum Gasteiger partial charge on any atom is -0.465 e. The molecule has 0 N–H and O–H groups in total. The Labute approximate surface area is 103 Å². The molecule has 2 aliphatic carbocycles. The molecule has 94 valence electrons. The molecule has 3 fully saturated rings. The summed E-state index contributed by atoms with van der Waals surface area (Å²) in [5, 5.41) is 0. The second-order valence-electron chi connectivity index (χ2n) is 7.23. The normalized spacial score (nSPS) is 47.6. The van der Waals surface area contributed by atoms with Crippen LogP contribution in [0.5, 0.6) is 0 Å². The maximum Gasteiger partial charge on any atom is 0.306 e. The van der Waals surface area contributed by atoms with Crippen LogP contribution in [-0.2, 0) is 9.53 Å². The van der Waals surface area contributed by atoms with Crippen LogP contribution in [0.4, 0.5) is 0 Å². The van der Waals surface area contributed by atoms with Gasteiger partial charge in [0.2, 0.25) is 0 Å². The Morgan fingerprint density at radius 1 is 1.35 bits per heavy atom. The fraction of sp³-hybridized carbons (Fsp3) is 0.800. The summed E-state index contributed by atoms with van der Waals surface area (Å²) in [6.45, 7) is 11.9. The summed E-state index contributed by atoms with van der Waals surface area (Å²) in [5.41, 5.74) is 1.79. The SMILES string of the molecule is C=C1CC[C@H]2C(C)(C)C[C@]3(C)CC(=O)OC[C@]123. The molecule has 17 heavy (non-hydrogen) atoms. The largest absolute Gasteiger partial charge is 0.465 e. The Kier molecular flexibility index (Phi) is 1.97. The second-order valence-corrected chi connectivity index (χ2v) is 7.23. The zero-order valence-electron chi connectivity index (χ0n) is 11.1. The lowest BCUT2D eigenvalue weighted by Gasteiger charge is -2.47. The van der Waals surface area contributed by atoms with Gasteiger partial charge < -0.3 is 4.74 Å². The van der Waals surface area contributed by atoms with E-state index in [9.17, 15) is 4.79 Å². The molecule has 0 amide bonds. The van der Waals surface area contributed by atoms with Gasteiger partial charge in [0.1, 0.15) is 6.61 Å². The van der Waals surface area contributed by atoms with Crippen molar-refractivity contribution in [3.05, 3.63) is 12.2 Å². The van der Waals surface area contributed by atoms with Crippen molar-refractivity contribution in [3.63, 3.8) is 0 Å². The quantitative estimate of drug-likeness (QED) is 0.475. The molecule has 3 aliphatic rings. The maximum atomic E-state index is 11.7. The first-order chi connectivity index (χ1) is 7.82. The van der Waals surface area contributed by atoms with Crippen LogP contribution in [0.1, 0.15) is 46.5 Å². The van der Waals surface area contributed by atoms with Gasteiger partial charge in [0.15, 0.2) is 0 Å². The Bertz CT molecular complexity index is 409. The topological polar surface area (TPSA) is 26.3 Å². The van der Waals surface area contributed by atoms with Crippen molar-refractivity contribution in [2.75, 3.05) is 6.61 Å². The van der Waals surface area contributed by atoms with Crippen LogP contribution in [0.2, 0.25) is 0 Å². The van der Waals surface area contributed by atoms with Crippen molar-refractivity contribution in [1.29, 1.82) is 0 Å². The van der Waals surface area contributed by atoms with Crippen LogP contribution in [0, 0.1) is 22.2 Å².